The summed E-state index contributed by atoms with van der Waals surface area (Å²) in [5, 5.41) is 12.8. The fraction of sp³-hybridized carbons (Fsp3) is 0.217. The monoisotopic (exact) mass is 407 g/mol. The van der Waals surface area contributed by atoms with Gasteiger partial charge in [-0.25, -0.2) is 4.79 Å². The minimum atomic E-state index is -0.996. The molecule has 0 fully saturated rings. The lowest BCUT2D eigenvalue weighted by Crippen LogP contribution is -2.23. The number of aromatic carboxylic acids is 1. The summed E-state index contributed by atoms with van der Waals surface area (Å²) in [7, 11) is 1.58. The zero-order valence-electron chi connectivity index (χ0n) is 16.4. The van der Waals surface area contributed by atoms with Crippen LogP contribution in [0.2, 0.25) is 0 Å². The van der Waals surface area contributed by atoms with E-state index in [4.69, 9.17) is 4.74 Å². The lowest BCUT2D eigenvalue weighted by Gasteiger charge is -2.25. The molecule has 29 heavy (non-hydrogen) atoms. The van der Waals surface area contributed by atoms with E-state index in [9.17, 15) is 14.7 Å². The normalized spacial score (nSPS) is 15.6. The molecule has 0 saturated heterocycles. The van der Waals surface area contributed by atoms with Crippen LogP contribution < -0.4 is 10.1 Å². The van der Waals surface area contributed by atoms with E-state index in [-0.39, 0.29) is 16.7 Å². The number of fused-ring (bicyclic) bond motifs is 1. The van der Waals surface area contributed by atoms with Crippen molar-refractivity contribution in [2.45, 2.75) is 26.2 Å². The van der Waals surface area contributed by atoms with Crippen LogP contribution >= 0.6 is 11.3 Å². The number of hydrogen-bond donors (Lipinski definition) is 2. The Hall–Kier alpha value is -3.12. The Morgan fingerprint density at radius 3 is 2.55 bits per heavy atom. The number of benzene rings is 2. The van der Waals surface area contributed by atoms with E-state index >= 15 is 0 Å². The van der Waals surface area contributed by atoms with Gasteiger partial charge in [-0.1, -0.05) is 35.9 Å². The predicted molar refractivity (Wildman–Crippen MR) is 114 cm³/mol. The molecule has 5 nitrogen and oxygen atoms in total. The fourth-order valence-electron chi connectivity index (χ4n) is 3.86. The topological polar surface area (TPSA) is 75.6 Å². The number of methoxy groups -OCH3 is 1. The lowest BCUT2D eigenvalue weighted by atomic mass is 9.85. The summed E-state index contributed by atoms with van der Waals surface area (Å²) >= 11 is 1.25. The fourth-order valence-corrected chi connectivity index (χ4v) is 5.09. The molecule has 1 atom stereocenters. The van der Waals surface area contributed by atoms with Crippen molar-refractivity contribution in [2.75, 3.05) is 12.4 Å². The van der Waals surface area contributed by atoms with Crippen molar-refractivity contribution in [1.29, 1.82) is 0 Å². The summed E-state index contributed by atoms with van der Waals surface area (Å²) in [6, 6.07) is 13.4. The molecule has 1 amide bonds. The number of rotatable bonds is 4. The van der Waals surface area contributed by atoms with Gasteiger partial charge in [0.25, 0.3) is 0 Å². The summed E-state index contributed by atoms with van der Waals surface area (Å²) < 4.78 is 5.21. The number of anilines is 1. The lowest BCUT2D eigenvalue weighted by molar-refractivity contribution is -0.116. The molecule has 4 rings (SSSR count). The number of hydrogen-bond acceptors (Lipinski definition) is 4. The molecule has 1 aliphatic heterocycles. The van der Waals surface area contributed by atoms with Crippen LogP contribution in [0.15, 0.2) is 42.5 Å². The number of amides is 1. The van der Waals surface area contributed by atoms with Gasteiger partial charge in [0.1, 0.15) is 10.6 Å². The van der Waals surface area contributed by atoms with Crippen LogP contribution in [0.25, 0.3) is 11.1 Å². The van der Waals surface area contributed by atoms with Crippen LogP contribution in [0, 0.1) is 13.8 Å². The van der Waals surface area contributed by atoms with Gasteiger partial charge in [0, 0.05) is 22.8 Å². The maximum absolute atomic E-state index is 12.6. The molecule has 2 heterocycles. The highest BCUT2D eigenvalue weighted by atomic mass is 32.1. The van der Waals surface area contributed by atoms with Crippen molar-refractivity contribution in [2.24, 2.45) is 0 Å². The van der Waals surface area contributed by atoms with E-state index < -0.39 is 5.97 Å². The smallest absolute Gasteiger partial charge is 0.346 e. The Morgan fingerprint density at radius 1 is 1.17 bits per heavy atom. The van der Waals surface area contributed by atoms with E-state index in [2.05, 4.69) is 11.4 Å². The summed E-state index contributed by atoms with van der Waals surface area (Å²) in [6.07, 6.45) is 0.304. The number of carboxylic acids is 1. The van der Waals surface area contributed by atoms with Gasteiger partial charge in [0.2, 0.25) is 5.91 Å². The molecule has 1 unspecified atom stereocenters. The number of ether oxygens (including phenoxy) is 1. The third-order valence-electron chi connectivity index (χ3n) is 5.29. The van der Waals surface area contributed by atoms with E-state index in [0.717, 1.165) is 27.1 Å². The Kier molecular flexibility index (Phi) is 4.88. The van der Waals surface area contributed by atoms with E-state index in [0.29, 0.717) is 23.4 Å². The first-order valence-electron chi connectivity index (χ1n) is 9.30. The zero-order valence-corrected chi connectivity index (χ0v) is 17.2. The number of carboxylic acid groups (broad SMARTS) is 1. The highest BCUT2D eigenvalue weighted by Gasteiger charge is 2.35. The zero-order chi connectivity index (χ0) is 20.7. The average molecular weight is 407 g/mol. The van der Waals surface area contributed by atoms with Crippen LogP contribution in [-0.2, 0) is 4.79 Å². The maximum Gasteiger partial charge on any atom is 0.346 e. The van der Waals surface area contributed by atoms with Gasteiger partial charge in [-0.15, -0.1) is 11.3 Å². The minimum absolute atomic E-state index is 0.104. The number of aryl methyl sites for hydroxylation is 2. The molecule has 2 N–H and O–H groups in total. The maximum atomic E-state index is 12.6. The second-order valence-corrected chi connectivity index (χ2v) is 8.30. The molecule has 0 aliphatic carbocycles. The van der Waals surface area contributed by atoms with Crippen LogP contribution in [-0.4, -0.2) is 24.1 Å². The van der Waals surface area contributed by atoms with Crippen LogP contribution in [0.5, 0.6) is 5.75 Å². The standard InChI is InChI=1S/C23H21NO4S/c1-12-4-5-13(2)16(10-12)17-11-18(25)24-20-19(22(23(26)27)29-21(17)20)14-6-8-15(28-3)9-7-14/h4-10,17H,11H2,1-3H3,(H,24,25)(H,26,27). The van der Waals surface area contributed by atoms with Gasteiger partial charge in [-0.2, -0.15) is 0 Å². The van der Waals surface area contributed by atoms with Gasteiger partial charge < -0.3 is 15.2 Å². The Balaban J connectivity index is 1.93. The molecular weight excluding hydrogens is 386 g/mol. The molecule has 2 aromatic carbocycles. The largest absolute Gasteiger partial charge is 0.497 e. The molecule has 0 bridgehead atoms. The highest BCUT2D eigenvalue weighted by Crippen LogP contribution is 2.50. The van der Waals surface area contributed by atoms with Crippen molar-refractivity contribution >= 4 is 28.9 Å². The molecule has 0 radical (unpaired) electrons. The second kappa shape index (κ2) is 7.37. The average Bonchev–Trinajstić information content (AvgIpc) is 3.09. The highest BCUT2D eigenvalue weighted by molar-refractivity contribution is 7.15. The Morgan fingerprint density at radius 2 is 1.90 bits per heavy atom. The van der Waals surface area contributed by atoms with Crippen LogP contribution in [0.3, 0.4) is 0 Å². The number of carbonyl (C=O) groups is 2. The van der Waals surface area contributed by atoms with Crippen molar-refractivity contribution in [1.82, 2.24) is 0 Å². The van der Waals surface area contributed by atoms with Gasteiger partial charge >= 0.3 is 5.97 Å². The van der Waals surface area contributed by atoms with Crippen LogP contribution in [0.4, 0.5) is 5.69 Å². The van der Waals surface area contributed by atoms with Crippen molar-refractivity contribution in [3.63, 3.8) is 0 Å². The summed E-state index contributed by atoms with van der Waals surface area (Å²) in [6.45, 7) is 4.05. The van der Waals surface area contributed by atoms with Crippen molar-refractivity contribution in [3.05, 3.63) is 68.9 Å². The molecule has 3 aromatic rings. The summed E-state index contributed by atoms with van der Waals surface area (Å²) in [4.78, 5) is 25.8. The molecule has 6 heteroatoms. The van der Waals surface area contributed by atoms with E-state index in [1.165, 1.54) is 11.3 Å². The van der Waals surface area contributed by atoms with Gasteiger partial charge in [-0.3, -0.25) is 4.79 Å². The summed E-state index contributed by atoms with van der Waals surface area (Å²) in [5.41, 5.74) is 5.19. The molecular formula is C23H21NO4S. The van der Waals surface area contributed by atoms with Crippen molar-refractivity contribution < 1.29 is 19.4 Å². The Labute approximate surface area is 173 Å². The predicted octanol–water partition coefficient (Wildman–Crippen LogP) is 5.21. The van der Waals surface area contributed by atoms with Gasteiger partial charge in [-0.05, 0) is 42.7 Å². The third-order valence-corrected chi connectivity index (χ3v) is 6.58. The van der Waals surface area contributed by atoms with Crippen molar-refractivity contribution in [3.8, 4) is 16.9 Å². The molecule has 1 aliphatic rings. The SMILES string of the molecule is COc1ccc(-c2c(C(=O)O)sc3c2NC(=O)CC3c2cc(C)ccc2C)cc1. The Bertz CT molecular complexity index is 1110. The number of carbonyl (C=O) groups excluding carboxylic acids is 1. The minimum Gasteiger partial charge on any atom is -0.497 e. The van der Waals surface area contributed by atoms with E-state index in [1.807, 2.05) is 38.1 Å². The first kappa shape index (κ1) is 19.2. The molecule has 0 spiro atoms. The molecule has 0 saturated carbocycles. The van der Waals surface area contributed by atoms with E-state index in [1.54, 1.807) is 19.2 Å². The first-order valence-corrected chi connectivity index (χ1v) is 10.1. The van der Waals surface area contributed by atoms with Gasteiger partial charge in [0.15, 0.2) is 0 Å². The third kappa shape index (κ3) is 3.40. The van der Waals surface area contributed by atoms with Crippen LogP contribution in [0.1, 0.15) is 43.6 Å². The van der Waals surface area contributed by atoms with Gasteiger partial charge in [0.05, 0.1) is 12.8 Å². The quantitative estimate of drug-likeness (QED) is 0.622. The molecule has 1 aromatic heterocycles. The first-order chi connectivity index (χ1) is 13.9. The molecule has 148 valence electrons. The summed E-state index contributed by atoms with van der Waals surface area (Å²) in [5.74, 6) is -0.571. The second-order valence-electron chi connectivity index (χ2n) is 7.24. The number of nitrogens with one attached hydrogen (secondary N) is 1. The number of thiophene rings is 1.